The predicted octanol–water partition coefficient (Wildman–Crippen LogP) is 2.51. The molecule has 4 heteroatoms. The van der Waals surface area contributed by atoms with E-state index in [0.717, 1.165) is 17.6 Å². The third kappa shape index (κ3) is 1.48. The van der Waals surface area contributed by atoms with E-state index in [9.17, 15) is 0 Å². The van der Waals surface area contributed by atoms with Gasteiger partial charge in [0.15, 0.2) is 0 Å². The molecule has 3 rings (SSSR count). The fourth-order valence-electron chi connectivity index (χ4n) is 2.11. The lowest BCUT2D eigenvalue weighted by Crippen LogP contribution is -2.15. The van der Waals surface area contributed by atoms with Gasteiger partial charge in [-0.1, -0.05) is 12.1 Å². The van der Waals surface area contributed by atoms with Crippen molar-refractivity contribution in [1.29, 1.82) is 0 Å². The minimum atomic E-state index is 0.414. The molecule has 84 valence electrons. The third-order valence-electron chi connectivity index (χ3n) is 3.37. The van der Waals surface area contributed by atoms with Gasteiger partial charge in [0.25, 0.3) is 0 Å². The van der Waals surface area contributed by atoms with Gasteiger partial charge in [-0.25, -0.2) is 4.98 Å². The van der Waals surface area contributed by atoms with Crippen LogP contribution in [0.5, 0.6) is 0 Å². The van der Waals surface area contributed by atoms with Crippen molar-refractivity contribution in [1.82, 2.24) is 9.55 Å². The monoisotopic (exact) mass is 233 g/mol. The van der Waals surface area contributed by atoms with E-state index in [-0.39, 0.29) is 0 Å². The smallest absolute Gasteiger partial charge is 0.201 e. The second-order valence-corrected chi connectivity index (χ2v) is 5.71. The lowest BCUT2D eigenvalue weighted by atomic mass is 10.3. The van der Waals surface area contributed by atoms with Crippen molar-refractivity contribution in [2.45, 2.75) is 24.1 Å². The van der Waals surface area contributed by atoms with Gasteiger partial charge in [0, 0.05) is 11.3 Å². The molecular formula is C12H15N3S. The van der Waals surface area contributed by atoms with Crippen LogP contribution >= 0.6 is 11.8 Å². The number of fused-ring (bicyclic) bond motifs is 1. The molecule has 1 fully saturated rings. The fourth-order valence-corrected chi connectivity index (χ4v) is 2.88. The fraction of sp³-hybridized carbons (Fsp3) is 0.417. The molecule has 1 heterocycles. The van der Waals surface area contributed by atoms with E-state index in [0.29, 0.717) is 10.7 Å². The first-order valence-corrected chi connectivity index (χ1v) is 6.72. The molecule has 1 aliphatic rings. The normalized spacial score (nSPS) is 17.8. The molecule has 0 aliphatic heterocycles. The summed E-state index contributed by atoms with van der Waals surface area (Å²) in [4.78, 5) is 4.39. The predicted molar refractivity (Wildman–Crippen MR) is 69.6 cm³/mol. The van der Waals surface area contributed by atoms with Crippen LogP contribution in [-0.2, 0) is 6.54 Å². The Hall–Kier alpha value is -1.16. The van der Waals surface area contributed by atoms with Crippen molar-refractivity contribution in [3.63, 3.8) is 0 Å². The third-order valence-corrected chi connectivity index (χ3v) is 4.77. The Morgan fingerprint density at radius 1 is 1.44 bits per heavy atom. The van der Waals surface area contributed by atoms with Crippen LogP contribution in [0.4, 0.5) is 5.95 Å². The summed E-state index contributed by atoms with van der Waals surface area (Å²) < 4.78 is 2.57. The van der Waals surface area contributed by atoms with E-state index in [1.54, 1.807) is 0 Å². The lowest BCUT2D eigenvalue weighted by molar-refractivity contribution is 0.687. The summed E-state index contributed by atoms with van der Waals surface area (Å²) in [7, 11) is 0. The number of para-hydroxylation sites is 2. The Kier molecular flexibility index (Phi) is 2.14. The van der Waals surface area contributed by atoms with Crippen molar-refractivity contribution in [3.05, 3.63) is 24.3 Å². The minimum absolute atomic E-state index is 0.414. The van der Waals surface area contributed by atoms with Crippen LogP contribution in [-0.4, -0.2) is 20.6 Å². The van der Waals surface area contributed by atoms with Gasteiger partial charge in [-0.15, -0.1) is 0 Å². The number of imidazole rings is 1. The SMILES string of the molecule is CSC1(Cn2c(N)nc3ccccc32)CC1. The van der Waals surface area contributed by atoms with Gasteiger partial charge in [0.2, 0.25) is 5.95 Å². The summed E-state index contributed by atoms with van der Waals surface area (Å²) in [5.74, 6) is 0.640. The Labute approximate surface area is 99.0 Å². The Balaban J connectivity index is 2.05. The molecule has 1 saturated carbocycles. The van der Waals surface area contributed by atoms with Crippen molar-refractivity contribution >= 4 is 28.7 Å². The number of nitrogen functional groups attached to an aromatic ring is 1. The molecule has 0 bridgehead atoms. The van der Waals surface area contributed by atoms with Crippen LogP contribution < -0.4 is 5.73 Å². The lowest BCUT2D eigenvalue weighted by Gasteiger charge is -2.14. The molecule has 0 unspecified atom stereocenters. The molecular weight excluding hydrogens is 218 g/mol. The first kappa shape index (κ1) is 10.0. The molecule has 3 nitrogen and oxygen atoms in total. The van der Waals surface area contributed by atoms with Gasteiger partial charge < -0.3 is 10.3 Å². The molecule has 1 aromatic heterocycles. The van der Waals surface area contributed by atoms with E-state index >= 15 is 0 Å². The molecule has 2 aromatic rings. The number of nitrogens with zero attached hydrogens (tertiary/aromatic N) is 2. The van der Waals surface area contributed by atoms with Gasteiger partial charge >= 0.3 is 0 Å². The molecule has 0 spiro atoms. The second-order valence-electron chi connectivity index (χ2n) is 4.43. The molecule has 1 aromatic carbocycles. The summed E-state index contributed by atoms with van der Waals surface area (Å²) in [5.41, 5.74) is 8.14. The number of aromatic nitrogens is 2. The zero-order valence-electron chi connectivity index (χ0n) is 9.31. The average molecular weight is 233 g/mol. The number of benzene rings is 1. The van der Waals surface area contributed by atoms with Crippen molar-refractivity contribution in [2.24, 2.45) is 0 Å². The average Bonchev–Trinajstić information content (AvgIpc) is 3.01. The quantitative estimate of drug-likeness (QED) is 0.886. The van der Waals surface area contributed by atoms with Gasteiger partial charge in [0.05, 0.1) is 11.0 Å². The zero-order valence-corrected chi connectivity index (χ0v) is 10.1. The number of nitrogens with two attached hydrogens (primary N) is 1. The van der Waals surface area contributed by atoms with Gasteiger partial charge in [-0.05, 0) is 31.2 Å². The van der Waals surface area contributed by atoms with E-state index in [2.05, 4.69) is 21.9 Å². The first-order chi connectivity index (χ1) is 7.74. The Morgan fingerprint density at radius 3 is 2.88 bits per heavy atom. The topological polar surface area (TPSA) is 43.8 Å². The van der Waals surface area contributed by atoms with E-state index in [4.69, 9.17) is 5.73 Å². The van der Waals surface area contributed by atoms with E-state index in [1.807, 2.05) is 30.0 Å². The van der Waals surface area contributed by atoms with Gasteiger partial charge in [0.1, 0.15) is 0 Å². The minimum Gasteiger partial charge on any atom is -0.369 e. The summed E-state index contributed by atoms with van der Waals surface area (Å²) in [6, 6.07) is 8.15. The highest BCUT2D eigenvalue weighted by Gasteiger charge is 2.42. The molecule has 1 aliphatic carbocycles. The molecule has 0 saturated heterocycles. The van der Waals surface area contributed by atoms with Crippen LogP contribution in [0.3, 0.4) is 0 Å². The van der Waals surface area contributed by atoms with Crippen molar-refractivity contribution in [2.75, 3.05) is 12.0 Å². The molecule has 16 heavy (non-hydrogen) atoms. The first-order valence-electron chi connectivity index (χ1n) is 5.50. The summed E-state index contributed by atoms with van der Waals surface area (Å²) in [6.07, 6.45) is 4.77. The number of hydrogen-bond acceptors (Lipinski definition) is 3. The maximum Gasteiger partial charge on any atom is 0.201 e. The van der Waals surface area contributed by atoms with Crippen LogP contribution in [0, 0.1) is 0 Å². The Morgan fingerprint density at radius 2 is 2.19 bits per heavy atom. The highest BCUT2D eigenvalue weighted by Crippen LogP contribution is 2.49. The zero-order chi connectivity index (χ0) is 11.2. The number of rotatable bonds is 3. The number of thioether (sulfide) groups is 1. The maximum atomic E-state index is 5.99. The van der Waals surface area contributed by atoms with Crippen molar-refractivity contribution in [3.8, 4) is 0 Å². The summed E-state index contributed by atoms with van der Waals surface area (Å²) in [5, 5.41) is 0. The maximum absolute atomic E-state index is 5.99. The van der Waals surface area contributed by atoms with E-state index in [1.165, 1.54) is 12.8 Å². The highest BCUT2D eigenvalue weighted by molar-refractivity contribution is 8.00. The standard InChI is InChI=1S/C12H15N3S/c1-16-12(6-7-12)8-15-10-5-3-2-4-9(10)14-11(15)13/h2-5H,6-8H2,1H3,(H2,13,14). The van der Waals surface area contributed by atoms with Gasteiger partial charge in [-0.3, -0.25) is 0 Å². The van der Waals surface area contributed by atoms with Crippen LogP contribution in [0.1, 0.15) is 12.8 Å². The van der Waals surface area contributed by atoms with E-state index < -0.39 is 0 Å². The summed E-state index contributed by atoms with van der Waals surface area (Å²) in [6.45, 7) is 0.987. The number of hydrogen-bond donors (Lipinski definition) is 1. The van der Waals surface area contributed by atoms with Crippen LogP contribution in [0.15, 0.2) is 24.3 Å². The largest absolute Gasteiger partial charge is 0.369 e. The Bertz CT molecular complexity index is 528. The molecule has 0 atom stereocenters. The highest BCUT2D eigenvalue weighted by atomic mass is 32.2. The van der Waals surface area contributed by atoms with Crippen LogP contribution in [0.2, 0.25) is 0 Å². The summed E-state index contributed by atoms with van der Waals surface area (Å²) >= 11 is 1.95. The molecule has 0 amide bonds. The van der Waals surface area contributed by atoms with Gasteiger partial charge in [-0.2, -0.15) is 11.8 Å². The number of anilines is 1. The molecule has 0 radical (unpaired) electrons. The second kappa shape index (κ2) is 3.42. The van der Waals surface area contributed by atoms with Crippen LogP contribution in [0.25, 0.3) is 11.0 Å². The van der Waals surface area contributed by atoms with Crippen molar-refractivity contribution < 1.29 is 0 Å². The molecule has 2 N–H and O–H groups in total.